The fraction of sp³-hybridized carbons (Fsp3) is 0.208. The molecule has 0 amide bonds. The molecule has 3 aromatic heterocycles. The third-order valence-corrected chi connectivity index (χ3v) is 5.75. The predicted octanol–water partition coefficient (Wildman–Crippen LogP) is 2.46. The number of ether oxygens (including phenoxy) is 2. The molecule has 9 heteroatoms. The van der Waals surface area contributed by atoms with Crippen LogP contribution in [0, 0.1) is 0 Å². The Bertz CT molecular complexity index is 1590. The average Bonchev–Trinajstić information content (AvgIpc) is 3.40. The van der Waals surface area contributed by atoms with Gasteiger partial charge in [0.25, 0.3) is 5.56 Å². The summed E-state index contributed by atoms with van der Waals surface area (Å²) in [5.41, 5.74) is 2.46. The van der Waals surface area contributed by atoms with Crippen LogP contribution in [-0.2, 0) is 18.3 Å². The molecule has 9 nitrogen and oxygen atoms in total. The van der Waals surface area contributed by atoms with Gasteiger partial charge in [0.05, 0.1) is 31.6 Å². The van der Waals surface area contributed by atoms with Gasteiger partial charge in [-0.1, -0.05) is 36.4 Å². The molecule has 0 saturated carbocycles. The Morgan fingerprint density at radius 3 is 2.52 bits per heavy atom. The number of aryl methyl sites for hydroxylation is 1. The van der Waals surface area contributed by atoms with Gasteiger partial charge in [0.15, 0.2) is 11.2 Å². The number of methoxy groups -OCH3 is 2. The molecule has 0 saturated heterocycles. The van der Waals surface area contributed by atoms with E-state index in [-0.39, 0.29) is 13.2 Å². The van der Waals surface area contributed by atoms with Gasteiger partial charge in [-0.3, -0.25) is 22.9 Å². The number of aromatic nitrogens is 5. The first-order chi connectivity index (χ1) is 16.0. The van der Waals surface area contributed by atoms with Crippen molar-refractivity contribution in [1.29, 1.82) is 0 Å². The Morgan fingerprint density at radius 1 is 1.00 bits per heavy atom. The van der Waals surface area contributed by atoms with E-state index in [0.29, 0.717) is 22.7 Å². The third kappa shape index (κ3) is 3.25. The topological polar surface area (TPSA) is 84.7 Å². The number of imidazole rings is 2. The second kappa shape index (κ2) is 8.10. The molecular weight excluding hydrogens is 422 g/mol. The van der Waals surface area contributed by atoms with Crippen LogP contribution in [0.2, 0.25) is 0 Å². The molecule has 3 heterocycles. The summed E-state index contributed by atoms with van der Waals surface area (Å²) in [5, 5.41) is 0. The van der Waals surface area contributed by atoms with Crippen molar-refractivity contribution in [2.45, 2.75) is 6.54 Å². The van der Waals surface area contributed by atoms with Crippen molar-refractivity contribution >= 4 is 16.9 Å². The SMILES string of the molecule is COCCn1c(=O)c2c(nc3n(-c4cccc(OC)c4)c(-c4ccccc4)cn23)n(C)c1=O. The monoisotopic (exact) mass is 445 g/mol. The molecule has 0 fully saturated rings. The highest BCUT2D eigenvalue weighted by Crippen LogP contribution is 2.30. The third-order valence-electron chi connectivity index (χ3n) is 5.75. The van der Waals surface area contributed by atoms with Crippen LogP contribution >= 0.6 is 0 Å². The second-order valence-electron chi connectivity index (χ2n) is 7.66. The molecule has 5 aromatic rings. The lowest BCUT2D eigenvalue weighted by Crippen LogP contribution is -2.40. The van der Waals surface area contributed by atoms with E-state index in [4.69, 9.17) is 14.5 Å². The van der Waals surface area contributed by atoms with Gasteiger partial charge in [0.2, 0.25) is 5.78 Å². The van der Waals surface area contributed by atoms with Crippen molar-refractivity contribution < 1.29 is 9.47 Å². The Hall–Kier alpha value is -4.11. The minimum absolute atomic E-state index is 0.160. The molecule has 0 N–H and O–H groups in total. The maximum atomic E-state index is 13.4. The zero-order valence-corrected chi connectivity index (χ0v) is 18.6. The molecule has 0 spiro atoms. The maximum Gasteiger partial charge on any atom is 0.332 e. The molecule has 0 aliphatic rings. The molecule has 0 bridgehead atoms. The van der Waals surface area contributed by atoms with E-state index < -0.39 is 11.2 Å². The van der Waals surface area contributed by atoms with Crippen LogP contribution in [0.1, 0.15) is 0 Å². The van der Waals surface area contributed by atoms with Crippen LogP contribution < -0.4 is 16.0 Å². The average molecular weight is 445 g/mol. The van der Waals surface area contributed by atoms with Crippen LogP contribution in [-0.4, -0.2) is 43.9 Å². The lowest BCUT2D eigenvalue weighted by Gasteiger charge is -2.10. The molecule has 0 aliphatic heterocycles. The van der Waals surface area contributed by atoms with Crippen molar-refractivity contribution in [2.24, 2.45) is 7.05 Å². The summed E-state index contributed by atoms with van der Waals surface area (Å²) in [7, 11) is 4.77. The fourth-order valence-electron chi connectivity index (χ4n) is 4.09. The number of hydrogen-bond acceptors (Lipinski definition) is 5. The van der Waals surface area contributed by atoms with Gasteiger partial charge in [0.1, 0.15) is 5.75 Å². The lowest BCUT2D eigenvalue weighted by atomic mass is 10.1. The van der Waals surface area contributed by atoms with E-state index in [2.05, 4.69) is 0 Å². The number of benzene rings is 2. The lowest BCUT2D eigenvalue weighted by molar-refractivity contribution is 0.184. The Labute approximate surface area is 188 Å². The smallest absolute Gasteiger partial charge is 0.332 e. The Kier molecular flexibility index (Phi) is 5.10. The molecule has 0 aliphatic carbocycles. The van der Waals surface area contributed by atoms with Gasteiger partial charge in [-0.25, -0.2) is 4.79 Å². The highest BCUT2D eigenvalue weighted by atomic mass is 16.5. The molecule has 0 radical (unpaired) electrons. The molecule has 168 valence electrons. The summed E-state index contributed by atoms with van der Waals surface area (Å²) in [6.45, 7) is 0.413. The van der Waals surface area contributed by atoms with E-state index in [9.17, 15) is 9.59 Å². The van der Waals surface area contributed by atoms with E-state index >= 15 is 0 Å². The summed E-state index contributed by atoms with van der Waals surface area (Å²) in [6.07, 6.45) is 1.88. The summed E-state index contributed by atoms with van der Waals surface area (Å²) in [5.74, 6) is 1.22. The van der Waals surface area contributed by atoms with Crippen LogP contribution in [0.4, 0.5) is 0 Å². The van der Waals surface area contributed by atoms with Gasteiger partial charge < -0.3 is 9.47 Å². The van der Waals surface area contributed by atoms with E-state index in [1.165, 1.54) is 16.2 Å². The first kappa shape index (κ1) is 20.8. The van der Waals surface area contributed by atoms with Crippen LogP contribution in [0.3, 0.4) is 0 Å². The first-order valence-corrected chi connectivity index (χ1v) is 10.5. The van der Waals surface area contributed by atoms with Crippen LogP contribution in [0.25, 0.3) is 33.9 Å². The standard InChI is InChI=1S/C24H23N5O4/c1-26-21-20(22(30)27(24(26)31)12-13-32-2)28-15-19(16-8-5-4-6-9-16)29(23(28)25-21)17-10-7-11-18(14-17)33-3/h4-11,14-15H,12-13H2,1-3H3. The predicted molar refractivity (Wildman–Crippen MR) is 125 cm³/mol. The molecule has 5 rings (SSSR count). The molecule has 0 atom stereocenters. The van der Waals surface area contributed by atoms with E-state index in [1.807, 2.05) is 65.4 Å². The number of hydrogen-bond donors (Lipinski definition) is 0. The summed E-state index contributed by atoms with van der Waals surface area (Å²) < 4.78 is 16.8. The molecule has 0 unspecified atom stereocenters. The van der Waals surface area contributed by atoms with Crippen molar-refractivity contribution in [3.8, 4) is 22.7 Å². The number of fused-ring (bicyclic) bond motifs is 3. The second-order valence-corrected chi connectivity index (χ2v) is 7.66. The summed E-state index contributed by atoms with van der Waals surface area (Å²) in [6, 6.07) is 17.5. The van der Waals surface area contributed by atoms with Crippen LogP contribution in [0.5, 0.6) is 5.75 Å². The molecular formula is C24H23N5O4. The Morgan fingerprint density at radius 2 is 1.79 bits per heavy atom. The molecule has 33 heavy (non-hydrogen) atoms. The summed E-state index contributed by atoms with van der Waals surface area (Å²) >= 11 is 0. The van der Waals surface area contributed by atoms with E-state index in [1.54, 1.807) is 18.6 Å². The first-order valence-electron chi connectivity index (χ1n) is 10.5. The highest BCUT2D eigenvalue weighted by molar-refractivity contribution is 5.79. The van der Waals surface area contributed by atoms with Crippen LogP contribution in [0.15, 0.2) is 70.4 Å². The van der Waals surface area contributed by atoms with Crippen molar-refractivity contribution in [3.63, 3.8) is 0 Å². The Balaban J connectivity index is 1.90. The molecule has 2 aromatic carbocycles. The van der Waals surface area contributed by atoms with Crippen molar-refractivity contribution in [3.05, 3.63) is 81.6 Å². The number of nitrogens with zero attached hydrogens (tertiary/aromatic N) is 5. The van der Waals surface area contributed by atoms with E-state index in [0.717, 1.165) is 16.9 Å². The zero-order chi connectivity index (χ0) is 23.1. The van der Waals surface area contributed by atoms with Crippen molar-refractivity contribution in [2.75, 3.05) is 20.8 Å². The largest absolute Gasteiger partial charge is 0.497 e. The van der Waals surface area contributed by atoms with Gasteiger partial charge in [-0.05, 0) is 12.1 Å². The van der Waals surface area contributed by atoms with Crippen molar-refractivity contribution in [1.82, 2.24) is 23.1 Å². The minimum atomic E-state index is -0.429. The summed E-state index contributed by atoms with van der Waals surface area (Å²) in [4.78, 5) is 31.0. The van der Waals surface area contributed by atoms with Gasteiger partial charge in [-0.2, -0.15) is 4.98 Å². The zero-order valence-electron chi connectivity index (χ0n) is 18.6. The van der Waals surface area contributed by atoms with Gasteiger partial charge in [-0.15, -0.1) is 0 Å². The van der Waals surface area contributed by atoms with Gasteiger partial charge >= 0.3 is 5.69 Å². The number of rotatable bonds is 6. The highest BCUT2D eigenvalue weighted by Gasteiger charge is 2.22. The van der Waals surface area contributed by atoms with Gasteiger partial charge in [0, 0.05) is 32.0 Å². The quantitative estimate of drug-likeness (QED) is 0.401. The minimum Gasteiger partial charge on any atom is -0.497 e. The fourth-order valence-corrected chi connectivity index (χ4v) is 4.09. The normalized spacial score (nSPS) is 11.5. The maximum absolute atomic E-state index is 13.4.